The lowest BCUT2D eigenvalue weighted by atomic mass is 10.2. The molecule has 0 saturated carbocycles. The Morgan fingerprint density at radius 1 is 1.05 bits per heavy atom. The van der Waals surface area contributed by atoms with Gasteiger partial charge in [0.15, 0.2) is 5.75 Å². The molecule has 0 aliphatic carbocycles. The molecule has 0 aliphatic heterocycles. The number of pyridine rings is 2. The van der Waals surface area contributed by atoms with Crippen LogP contribution in [0.3, 0.4) is 0 Å². The maximum atomic E-state index is 5.99. The van der Waals surface area contributed by atoms with Crippen molar-refractivity contribution in [3.8, 4) is 5.75 Å². The van der Waals surface area contributed by atoms with E-state index in [4.69, 9.17) is 16.3 Å². The van der Waals surface area contributed by atoms with Crippen LogP contribution in [0.15, 0.2) is 54.7 Å². The van der Waals surface area contributed by atoms with Crippen LogP contribution < -0.4 is 4.74 Å². The fraction of sp³-hybridized carbons (Fsp3) is 0.0667. The molecular weight excluding hydrogens is 260 g/mol. The first kappa shape index (κ1) is 11.9. The van der Waals surface area contributed by atoms with E-state index in [-0.39, 0.29) is 0 Å². The van der Waals surface area contributed by atoms with Gasteiger partial charge in [-0.25, -0.2) is 4.98 Å². The fourth-order valence-electron chi connectivity index (χ4n) is 1.85. The lowest BCUT2D eigenvalue weighted by Crippen LogP contribution is -1.97. The summed E-state index contributed by atoms with van der Waals surface area (Å²) in [7, 11) is 0. The van der Waals surface area contributed by atoms with Crippen LogP contribution in [0, 0.1) is 0 Å². The van der Waals surface area contributed by atoms with Gasteiger partial charge in [0.1, 0.15) is 17.3 Å². The predicted molar refractivity (Wildman–Crippen MR) is 75.3 cm³/mol. The zero-order valence-electron chi connectivity index (χ0n) is 10.1. The van der Waals surface area contributed by atoms with Gasteiger partial charge in [0.2, 0.25) is 0 Å². The van der Waals surface area contributed by atoms with Gasteiger partial charge in [0.05, 0.1) is 5.52 Å². The van der Waals surface area contributed by atoms with Crippen LogP contribution in [0.4, 0.5) is 0 Å². The average Bonchev–Trinajstić information content (AvgIpc) is 2.45. The Bertz CT molecular complexity index is 701. The lowest BCUT2D eigenvalue weighted by Gasteiger charge is -2.08. The second kappa shape index (κ2) is 5.24. The Balaban J connectivity index is 1.92. The number of halogens is 1. The molecule has 0 unspecified atom stereocenters. The number of ether oxygens (including phenoxy) is 1. The maximum Gasteiger partial charge on any atom is 0.150 e. The highest BCUT2D eigenvalue weighted by Gasteiger charge is 2.07. The minimum absolute atomic E-state index is 0.406. The monoisotopic (exact) mass is 270 g/mol. The third-order valence-corrected chi connectivity index (χ3v) is 2.93. The number of hydrogen-bond donors (Lipinski definition) is 0. The van der Waals surface area contributed by atoms with Crippen LogP contribution >= 0.6 is 11.6 Å². The van der Waals surface area contributed by atoms with E-state index in [0.717, 1.165) is 16.6 Å². The first-order valence-electron chi connectivity index (χ1n) is 5.91. The Morgan fingerprint density at radius 2 is 1.89 bits per heavy atom. The average molecular weight is 271 g/mol. The van der Waals surface area contributed by atoms with E-state index in [1.807, 2.05) is 42.5 Å². The van der Waals surface area contributed by atoms with Crippen LogP contribution in [0.5, 0.6) is 5.75 Å². The van der Waals surface area contributed by atoms with Crippen molar-refractivity contribution in [3.63, 3.8) is 0 Å². The van der Waals surface area contributed by atoms with E-state index >= 15 is 0 Å². The minimum atomic E-state index is 0.406. The molecule has 2 aromatic heterocycles. The molecule has 0 N–H and O–H groups in total. The number of rotatable bonds is 3. The summed E-state index contributed by atoms with van der Waals surface area (Å²) >= 11 is 5.99. The summed E-state index contributed by atoms with van der Waals surface area (Å²) in [4.78, 5) is 8.50. The summed E-state index contributed by atoms with van der Waals surface area (Å²) in [6.07, 6.45) is 1.72. The zero-order valence-corrected chi connectivity index (χ0v) is 10.8. The molecule has 0 radical (unpaired) electrons. The summed E-state index contributed by atoms with van der Waals surface area (Å²) < 4.78 is 5.80. The van der Waals surface area contributed by atoms with Crippen molar-refractivity contribution in [3.05, 3.63) is 65.4 Å². The molecular formula is C15H11ClN2O. The van der Waals surface area contributed by atoms with Crippen molar-refractivity contribution < 1.29 is 4.74 Å². The summed E-state index contributed by atoms with van der Waals surface area (Å²) in [5.74, 6) is 0.652. The molecule has 94 valence electrons. The summed E-state index contributed by atoms with van der Waals surface area (Å²) in [5.41, 5.74) is 2.56. The number of fused-ring (bicyclic) bond motifs is 1. The predicted octanol–water partition coefficient (Wildman–Crippen LogP) is 3.86. The number of benzene rings is 1. The van der Waals surface area contributed by atoms with E-state index in [1.165, 1.54) is 0 Å². The van der Waals surface area contributed by atoms with Gasteiger partial charge in [-0.2, -0.15) is 0 Å². The number of nitrogens with zero attached hydrogens (tertiary/aromatic N) is 2. The van der Waals surface area contributed by atoms with Crippen LogP contribution in [0.25, 0.3) is 11.0 Å². The molecule has 0 spiro atoms. The Morgan fingerprint density at radius 3 is 2.74 bits per heavy atom. The van der Waals surface area contributed by atoms with Gasteiger partial charge >= 0.3 is 0 Å². The van der Waals surface area contributed by atoms with Crippen molar-refractivity contribution in [1.82, 2.24) is 9.97 Å². The number of aromatic nitrogens is 2. The highest BCUT2D eigenvalue weighted by Crippen LogP contribution is 2.26. The molecule has 3 nitrogen and oxygen atoms in total. The van der Waals surface area contributed by atoms with Gasteiger partial charge in [-0.3, -0.25) is 4.98 Å². The molecule has 19 heavy (non-hydrogen) atoms. The Labute approximate surface area is 115 Å². The van der Waals surface area contributed by atoms with Crippen molar-refractivity contribution in [2.45, 2.75) is 6.61 Å². The first-order chi connectivity index (χ1) is 9.33. The second-order valence-electron chi connectivity index (χ2n) is 4.09. The first-order valence-corrected chi connectivity index (χ1v) is 6.29. The lowest BCUT2D eigenvalue weighted by molar-refractivity contribution is 0.309. The van der Waals surface area contributed by atoms with Gasteiger partial charge in [-0.1, -0.05) is 41.9 Å². The molecule has 0 atom stereocenters. The van der Waals surface area contributed by atoms with Crippen molar-refractivity contribution in [2.24, 2.45) is 0 Å². The Kier molecular flexibility index (Phi) is 3.29. The van der Waals surface area contributed by atoms with Gasteiger partial charge in [0, 0.05) is 12.3 Å². The molecule has 0 fully saturated rings. The van der Waals surface area contributed by atoms with Crippen molar-refractivity contribution in [1.29, 1.82) is 0 Å². The van der Waals surface area contributed by atoms with E-state index in [2.05, 4.69) is 9.97 Å². The molecule has 3 rings (SSSR count). The second-order valence-corrected chi connectivity index (χ2v) is 4.48. The summed E-state index contributed by atoms with van der Waals surface area (Å²) in [5, 5.41) is 0.406. The van der Waals surface area contributed by atoms with Gasteiger partial charge in [-0.15, -0.1) is 0 Å². The van der Waals surface area contributed by atoms with Crippen LogP contribution in [-0.2, 0) is 6.61 Å². The fourth-order valence-corrected chi connectivity index (χ4v) is 2.04. The maximum absolute atomic E-state index is 5.99. The molecule has 0 aliphatic rings. The third-order valence-electron chi connectivity index (χ3n) is 2.73. The molecule has 0 amide bonds. The standard InChI is InChI=1S/C15H11ClN2O/c16-14-9-13(15-12(18-14)7-4-8-17-15)19-10-11-5-2-1-3-6-11/h1-9H,10H2. The van der Waals surface area contributed by atoms with E-state index in [1.54, 1.807) is 12.3 Å². The topological polar surface area (TPSA) is 35.0 Å². The van der Waals surface area contributed by atoms with Gasteiger partial charge in [-0.05, 0) is 17.7 Å². The van der Waals surface area contributed by atoms with Crippen LogP contribution in [0.2, 0.25) is 5.15 Å². The van der Waals surface area contributed by atoms with Crippen molar-refractivity contribution in [2.75, 3.05) is 0 Å². The SMILES string of the molecule is Clc1cc(OCc2ccccc2)c2ncccc2n1. The molecule has 0 bridgehead atoms. The highest BCUT2D eigenvalue weighted by atomic mass is 35.5. The summed E-state index contributed by atoms with van der Waals surface area (Å²) in [6, 6.07) is 15.3. The normalized spacial score (nSPS) is 10.6. The smallest absolute Gasteiger partial charge is 0.150 e. The Hall–Kier alpha value is -2.13. The molecule has 4 heteroatoms. The van der Waals surface area contributed by atoms with Crippen molar-refractivity contribution >= 4 is 22.6 Å². The van der Waals surface area contributed by atoms with Crippen LogP contribution in [0.1, 0.15) is 5.56 Å². The molecule has 1 aromatic carbocycles. The van der Waals surface area contributed by atoms with E-state index < -0.39 is 0 Å². The zero-order chi connectivity index (χ0) is 13.1. The van der Waals surface area contributed by atoms with E-state index in [9.17, 15) is 0 Å². The van der Waals surface area contributed by atoms with Crippen LogP contribution in [-0.4, -0.2) is 9.97 Å². The molecule has 3 aromatic rings. The minimum Gasteiger partial charge on any atom is -0.486 e. The highest BCUT2D eigenvalue weighted by molar-refractivity contribution is 6.30. The number of hydrogen-bond acceptors (Lipinski definition) is 3. The molecule has 0 saturated heterocycles. The van der Waals surface area contributed by atoms with Gasteiger partial charge in [0.25, 0.3) is 0 Å². The summed E-state index contributed by atoms with van der Waals surface area (Å²) in [6.45, 7) is 0.479. The van der Waals surface area contributed by atoms with E-state index in [0.29, 0.717) is 17.5 Å². The largest absolute Gasteiger partial charge is 0.486 e. The van der Waals surface area contributed by atoms with Gasteiger partial charge < -0.3 is 4.74 Å². The quantitative estimate of drug-likeness (QED) is 0.678. The molecule has 2 heterocycles. The third kappa shape index (κ3) is 2.66.